The fourth-order valence-corrected chi connectivity index (χ4v) is 2.47. The summed E-state index contributed by atoms with van der Waals surface area (Å²) in [5, 5.41) is 0. The molecule has 0 radical (unpaired) electrons. The van der Waals surface area contributed by atoms with E-state index in [0.717, 1.165) is 25.7 Å². The van der Waals surface area contributed by atoms with Crippen LogP contribution >= 0.6 is 25.3 Å². The summed E-state index contributed by atoms with van der Waals surface area (Å²) in [4.78, 5) is 23.0. The summed E-state index contributed by atoms with van der Waals surface area (Å²) in [6.45, 7) is 7.67. The van der Waals surface area contributed by atoms with Gasteiger partial charge in [0.05, 0.1) is 12.8 Å². The molecular formula is C16H30O4S2. The molecule has 130 valence electrons. The van der Waals surface area contributed by atoms with E-state index >= 15 is 0 Å². The van der Waals surface area contributed by atoms with Gasteiger partial charge in [-0.25, -0.2) is 0 Å². The molecule has 0 aromatic carbocycles. The van der Waals surface area contributed by atoms with Crippen molar-refractivity contribution in [3.05, 3.63) is 0 Å². The summed E-state index contributed by atoms with van der Waals surface area (Å²) in [7, 11) is 0. The fraction of sp³-hybridized carbons (Fsp3) is 0.875. The van der Waals surface area contributed by atoms with Gasteiger partial charge >= 0.3 is 11.9 Å². The summed E-state index contributed by atoms with van der Waals surface area (Å²) >= 11 is 8.04. The van der Waals surface area contributed by atoms with Crippen LogP contribution in [0.4, 0.5) is 0 Å². The monoisotopic (exact) mass is 350 g/mol. The smallest absolute Gasteiger partial charge is 0.307 e. The Balaban J connectivity index is 4.03. The quantitative estimate of drug-likeness (QED) is 0.338. The van der Waals surface area contributed by atoms with Crippen LogP contribution in [-0.4, -0.2) is 34.6 Å². The fourth-order valence-electron chi connectivity index (χ4n) is 2.10. The molecule has 0 aromatic rings. The zero-order valence-corrected chi connectivity index (χ0v) is 16.0. The minimum absolute atomic E-state index is 0.207. The first-order valence-corrected chi connectivity index (χ1v) is 9.04. The summed E-state index contributed by atoms with van der Waals surface area (Å²) in [6, 6.07) is 0. The maximum absolute atomic E-state index is 11.5. The number of ether oxygens (including phenoxy) is 2. The Bertz CT molecular complexity index is 320. The van der Waals surface area contributed by atoms with Gasteiger partial charge in [-0.2, -0.15) is 25.3 Å². The topological polar surface area (TPSA) is 52.6 Å². The van der Waals surface area contributed by atoms with Crippen LogP contribution in [0.25, 0.3) is 0 Å². The van der Waals surface area contributed by atoms with E-state index in [0.29, 0.717) is 24.3 Å². The third-order valence-electron chi connectivity index (χ3n) is 3.22. The molecule has 0 unspecified atom stereocenters. The molecule has 0 fully saturated rings. The van der Waals surface area contributed by atoms with Crippen LogP contribution in [0.1, 0.15) is 66.2 Å². The van der Waals surface area contributed by atoms with Crippen LogP contribution in [0.5, 0.6) is 0 Å². The molecule has 4 nitrogen and oxygen atoms in total. The Morgan fingerprint density at radius 3 is 1.36 bits per heavy atom. The van der Waals surface area contributed by atoms with E-state index in [1.54, 1.807) is 0 Å². The molecule has 0 saturated carbocycles. The van der Waals surface area contributed by atoms with Gasteiger partial charge in [0.25, 0.3) is 0 Å². The van der Waals surface area contributed by atoms with Gasteiger partial charge in [0.15, 0.2) is 0 Å². The third-order valence-corrected chi connectivity index (χ3v) is 3.67. The lowest BCUT2D eigenvalue weighted by Gasteiger charge is -2.27. The van der Waals surface area contributed by atoms with Crippen molar-refractivity contribution >= 4 is 37.2 Å². The number of unbranched alkanes of at least 4 members (excludes halogenated alkanes) is 1. The lowest BCUT2D eigenvalue weighted by atomic mass is 9.95. The first-order chi connectivity index (χ1) is 10.1. The molecule has 0 saturated heterocycles. The summed E-state index contributed by atoms with van der Waals surface area (Å²) in [6.07, 6.45) is 4.06. The predicted octanol–water partition coefficient (Wildman–Crippen LogP) is 3.83. The second kappa shape index (κ2) is 10.4. The molecule has 22 heavy (non-hydrogen) atoms. The Morgan fingerprint density at radius 2 is 1.09 bits per heavy atom. The van der Waals surface area contributed by atoms with Gasteiger partial charge < -0.3 is 9.47 Å². The van der Waals surface area contributed by atoms with Crippen molar-refractivity contribution in [3.63, 3.8) is 0 Å². The molecule has 0 spiro atoms. The number of hydrogen-bond acceptors (Lipinski definition) is 6. The Morgan fingerprint density at radius 1 is 0.773 bits per heavy atom. The minimum atomic E-state index is -0.465. The van der Waals surface area contributed by atoms with E-state index in [2.05, 4.69) is 25.3 Å². The summed E-state index contributed by atoms with van der Waals surface area (Å²) in [5.74, 6) is 0.587. The van der Waals surface area contributed by atoms with Crippen molar-refractivity contribution in [1.82, 2.24) is 0 Å². The second-order valence-corrected chi connectivity index (χ2v) is 7.52. The second-order valence-electron chi connectivity index (χ2n) is 6.62. The SMILES string of the molecule is CC(C)(CCCCC(C)(C)OC(=O)CCS)OC(=O)CCS. The van der Waals surface area contributed by atoms with Gasteiger partial charge in [-0.15, -0.1) is 0 Å². The van der Waals surface area contributed by atoms with Crippen LogP contribution in [0.3, 0.4) is 0 Å². The minimum Gasteiger partial charge on any atom is -0.460 e. The first-order valence-electron chi connectivity index (χ1n) is 7.77. The molecule has 0 bridgehead atoms. The molecule has 0 heterocycles. The van der Waals surface area contributed by atoms with Crippen molar-refractivity contribution in [2.24, 2.45) is 0 Å². The molecule has 0 N–H and O–H groups in total. The number of carbonyl (C=O) groups excluding carboxylic acids is 2. The van der Waals surface area contributed by atoms with Crippen molar-refractivity contribution in [2.45, 2.75) is 77.4 Å². The Hall–Kier alpha value is -0.360. The average Bonchev–Trinajstić information content (AvgIpc) is 2.34. The number of rotatable bonds is 11. The number of esters is 2. The van der Waals surface area contributed by atoms with Crippen LogP contribution in [0.2, 0.25) is 0 Å². The molecule has 0 aromatic heterocycles. The highest BCUT2D eigenvalue weighted by Gasteiger charge is 2.25. The van der Waals surface area contributed by atoms with E-state index in [9.17, 15) is 9.59 Å². The molecule has 0 aliphatic heterocycles. The van der Waals surface area contributed by atoms with Crippen LogP contribution < -0.4 is 0 Å². The lowest BCUT2D eigenvalue weighted by Crippen LogP contribution is -2.30. The van der Waals surface area contributed by atoms with Gasteiger partial charge in [0.2, 0.25) is 0 Å². The van der Waals surface area contributed by atoms with Gasteiger partial charge in [0, 0.05) is 11.5 Å². The van der Waals surface area contributed by atoms with Gasteiger partial charge in [-0.05, 0) is 53.4 Å². The molecule has 0 aliphatic carbocycles. The van der Waals surface area contributed by atoms with E-state index in [1.165, 1.54) is 0 Å². The zero-order chi connectivity index (χ0) is 17.2. The van der Waals surface area contributed by atoms with E-state index in [-0.39, 0.29) is 11.9 Å². The predicted molar refractivity (Wildman–Crippen MR) is 95.8 cm³/mol. The van der Waals surface area contributed by atoms with Gasteiger partial charge in [0.1, 0.15) is 11.2 Å². The van der Waals surface area contributed by atoms with Crippen molar-refractivity contribution in [3.8, 4) is 0 Å². The van der Waals surface area contributed by atoms with Crippen LogP contribution in [-0.2, 0) is 19.1 Å². The standard InChI is InChI=1S/C16H30O4S2/c1-15(2,19-13(17)7-11-21)9-5-6-10-16(3,4)20-14(18)8-12-22/h21-22H,5-12H2,1-4H3. The third kappa shape index (κ3) is 11.2. The van der Waals surface area contributed by atoms with E-state index in [4.69, 9.17) is 9.47 Å². The average molecular weight is 351 g/mol. The summed E-state index contributed by atoms with van der Waals surface area (Å²) < 4.78 is 10.9. The highest BCUT2D eigenvalue weighted by atomic mass is 32.1. The maximum Gasteiger partial charge on any atom is 0.307 e. The molecule has 0 atom stereocenters. The van der Waals surface area contributed by atoms with Crippen molar-refractivity contribution in [2.75, 3.05) is 11.5 Å². The Labute approximate surface area is 145 Å². The molecule has 0 aliphatic rings. The van der Waals surface area contributed by atoms with Gasteiger partial charge in [-0.1, -0.05) is 0 Å². The van der Waals surface area contributed by atoms with E-state index < -0.39 is 11.2 Å². The summed E-state index contributed by atoms with van der Waals surface area (Å²) in [5.41, 5.74) is -0.931. The van der Waals surface area contributed by atoms with Crippen molar-refractivity contribution in [1.29, 1.82) is 0 Å². The zero-order valence-electron chi connectivity index (χ0n) is 14.2. The highest BCUT2D eigenvalue weighted by Crippen LogP contribution is 2.23. The van der Waals surface area contributed by atoms with Gasteiger partial charge in [-0.3, -0.25) is 9.59 Å². The largest absolute Gasteiger partial charge is 0.460 e. The normalized spacial score (nSPS) is 12.1. The molecule has 6 heteroatoms. The number of thiol groups is 2. The van der Waals surface area contributed by atoms with Crippen LogP contribution in [0, 0.1) is 0 Å². The highest BCUT2D eigenvalue weighted by molar-refractivity contribution is 7.80. The Kier molecular flexibility index (Phi) is 10.3. The lowest BCUT2D eigenvalue weighted by molar-refractivity contribution is -0.158. The van der Waals surface area contributed by atoms with E-state index in [1.807, 2.05) is 27.7 Å². The molecular weight excluding hydrogens is 320 g/mol. The number of carbonyl (C=O) groups is 2. The number of hydrogen-bond donors (Lipinski definition) is 2. The first kappa shape index (κ1) is 21.6. The van der Waals surface area contributed by atoms with Crippen LogP contribution in [0.15, 0.2) is 0 Å². The molecule has 0 rings (SSSR count). The van der Waals surface area contributed by atoms with Crippen molar-refractivity contribution < 1.29 is 19.1 Å². The maximum atomic E-state index is 11.5. The molecule has 0 amide bonds.